The van der Waals surface area contributed by atoms with Crippen LogP contribution < -0.4 is 13.8 Å². The lowest BCUT2D eigenvalue weighted by Gasteiger charge is -2.12. The Morgan fingerprint density at radius 2 is 2.16 bits per heavy atom. The minimum absolute atomic E-state index is 0.547. The van der Waals surface area contributed by atoms with Crippen molar-refractivity contribution < 1.29 is 9.47 Å². The van der Waals surface area contributed by atoms with E-state index in [1.165, 1.54) is 6.33 Å². The fourth-order valence-corrected chi connectivity index (χ4v) is 2.03. The second-order valence-electron chi connectivity index (χ2n) is 3.78. The molecule has 7 heteroatoms. The zero-order chi connectivity index (χ0) is 13.7. The van der Waals surface area contributed by atoms with Gasteiger partial charge in [0.2, 0.25) is 0 Å². The normalized spacial score (nSPS) is 10.4. The zero-order valence-corrected chi connectivity index (χ0v) is 12.4. The van der Waals surface area contributed by atoms with Crippen LogP contribution in [0.3, 0.4) is 0 Å². The van der Waals surface area contributed by atoms with Gasteiger partial charge in [-0.2, -0.15) is 0 Å². The van der Waals surface area contributed by atoms with Crippen molar-refractivity contribution in [1.82, 2.24) is 9.97 Å². The Morgan fingerprint density at radius 1 is 1.32 bits per heavy atom. The Hall–Kier alpha value is -1.22. The molecule has 2 aromatic rings. The second-order valence-corrected chi connectivity index (χ2v) is 4.44. The summed E-state index contributed by atoms with van der Waals surface area (Å²) in [5.74, 6) is 2.60. The third-order valence-electron chi connectivity index (χ3n) is 2.59. The van der Waals surface area contributed by atoms with Crippen LogP contribution in [0.2, 0.25) is 0 Å². The first kappa shape index (κ1) is 14.2. The summed E-state index contributed by atoms with van der Waals surface area (Å²) in [6, 6.07) is 3.70. The molecular weight excluding hydrogens is 281 g/mol. The van der Waals surface area contributed by atoms with Crippen LogP contribution in [0.25, 0.3) is 10.9 Å². The molecule has 2 radical (unpaired) electrons. The van der Waals surface area contributed by atoms with Gasteiger partial charge >= 0.3 is 16.5 Å². The molecule has 0 aliphatic carbocycles. The van der Waals surface area contributed by atoms with Crippen LogP contribution in [0.5, 0.6) is 11.5 Å². The fourth-order valence-electron chi connectivity index (χ4n) is 1.69. The van der Waals surface area contributed by atoms with Gasteiger partial charge in [-0.1, -0.05) is 0 Å². The van der Waals surface area contributed by atoms with E-state index in [1.54, 1.807) is 7.11 Å². The largest absolute Gasteiger partial charge is 0.493 e. The lowest BCUT2D eigenvalue weighted by atomic mass is 10.2. The smallest absolute Gasteiger partial charge is 0.308 e. The Bertz CT molecular complexity index is 568. The van der Waals surface area contributed by atoms with Gasteiger partial charge in [0.15, 0.2) is 11.5 Å². The van der Waals surface area contributed by atoms with E-state index in [2.05, 4.69) is 30.8 Å². The molecule has 1 aromatic carbocycles. The summed E-state index contributed by atoms with van der Waals surface area (Å²) in [5.41, 5.74) is 0.793. The van der Waals surface area contributed by atoms with Crippen molar-refractivity contribution in [2.45, 2.75) is 6.42 Å². The highest BCUT2D eigenvalue weighted by atomic mass is 35.5. The van der Waals surface area contributed by atoms with Crippen molar-refractivity contribution in [1.29, 1.82) is 0 Å². The number of anilines is 1. The first-order valence-electron chi connectivity index (χ1n) is 5.78. The molecule has 0 saturated carbocycles. The van der Waals surface area contributed by atoms with E-state index in [0.29, 0.717) is 24.0 Å². The summed E-state index contributed by atoms with van der Waals surface area (Å²) in [4.78, 5) is 8.38. The quantitative estimate of drug-likeness (QED) is 0.502. The number of rotatable bonds is 6. The van der Waals surface area contributed by atoms with Crippen LogP contribution in [0.4, 0.5) is 5.82 Å². The molecule has 19 heavy (non-hydrogen) atoms. The Labute approximate surface area is 124 Å². The molecule has 1 heterocycles. The summed E-state index contributed by atoms with van der Waals surface area (Å²) in [5, 5.41) is 0.874. The Morgan fingerprint density at radius 3 is 2.84 bits per heavy atom. The minimum atomic E-state index is 0.547. The molecular formula is C12H13AlClN3O2. The van der Waals surface area contributed by atoms with E-state index in [9.17, 15) is 0 Å². The molecule has 2 rings (SSSR count). The SMILES string of the molecule is COc1cc2c([NH][Al])ncnc2cc1OCCCCl. The first-order chi connectivity index (χ1) is 9.30. The molecule has 0 bridgehead atoms. The van der Waals surface area contributed by atoms with Gasteiger partial charge in [0.1, 0.15) is 12.1 Å². The van der Waals surface area contributed by atoms with E-state index in [0.717, 1.165) is 23.1 Å². The molecule has 98 valence electrons. The highest BCUT2D eigenvalue weighted by molar-refractivity contribution is 6.18. The number of nitrogens with one attached hydrogen (secondary N) is 1. The molecule has 1 aromatic heterocycles. The van der Waals surface area contributed by atoms with Gasteiger partial charge in [0, 0.05) is 17.3 Å². The van der Waals surface area contributed by atoms with Gasteiger partial charge in [-0.25, -0.2) is 9.97 Å². The van der Waals surface area contributed by atoms with Crippen LogP contribution in [0.1, 0.15) is 6.42 Å². The molecule has 0 fully saturated rings. The van der Waals surface area contributed by atoms with E-state index in [-0.39, 0.29) is 0 Å². The molecule has 0 spiro atoms. The van der Waals surface area contributed by atoms with Crippen molar-refractivity contribution >= 4 is 44.8 Å². The predicted octanol–water partition coefficient (Wildman–Crippen LogP) is 2.14. The van der Waals surface area contributed by atoms with Gasteiger partial charge < -0.3 is 13.8 Å². The average Bonchev–Trinajstić information content (AvgIpc) is 2.46. The van der Waals surface area contributed by atoms with Crippen LogP contribution >= 0.6 is 11.6 Å². The van der Waals surface area contributed by atoms with Gasteiger partial charge in [0.25, 0.3) is 0 Å². The number of alkyl halides is 1. The molecule has 0 unspecified atom stereocenters. The topological polar surface area (TPSA) is 56.3 Å². The number of hydrogen-bond acceptors (Lipinski definition) is 5. The monoisotopic (exact) mass is 293 g/mol. The van der Waals surface area contributed by atoms with Gasteiger partial charge in [-0.05, 0) is 12.5 Å². The van der Waals surface area contributed by atoms with E-state index >= 15 is 0 Å². The predicted molar refractivity (Wildman–Crippen MR) is 76.3 cm³/mol. The minimum Gasteiger partial charge on any atom is -0.493 e. The van der Waals surface area contributed by atoms with Crippen molar-refractivity contribution in [2.75, 3.05) is 23.9 Å². The molecule has 0 amide bonds. The maximum atomic E-state index is 5.65. The maximum absolute atomic E-state index is 5.65. The number of fused-ring (bicyclic) bond motifs is 1. The summed E-state index contributed by atoms with van der Waals surface area (Å²) < 4.78 is 13.9. The summed E-state index contributed by atoms with van der Waals surface area (Å²) >= 11 is 8.05. The Balaban J connectivity index is 2.41. The maximum Gasteiger partial charge on any atom is 0.308 e. The third kappa shape index (κ3) is 3.21. The van der Waals surface area contributed by atoms with Crippen molar-refractivity contribution in [2.24, 2.45) is 0 Å². The lowest BCUT2D eigenvalue weighted by Crippen LogP contribution is -2.01. The molecule has 0 atom stereocenters. The fraction of sp³-hybridized carbons (Fsp3) is 0.333. The summed E-state index contributed by atoms with van der Waals surface area (Å²) in [6.45, 7) is 0.547. The molecule has 0 saturated heterocycles. The van der Waals surface area contributed by atoms with Crippen LogP contribution in [0.15, 0.2) is 18.5 Å². The van der Waals surface area contributed by atoms with Crippen molar-refractivity contribution in [3.8, 4) is 11.5 Å². The zero-order valence-electron chi connectivity index (χ0n) is 10.5. The first-order valence-corrected chi connectivity index (χ1v) is 6.89. The Kier molecular flexibility index (Phi) is 5.09. The number of nitrogens with zero attached hydrogens (tertiary/aromatic N) is 2. The van der Waals surface area contributed by atoms with Crippen molar-refractivity contribution in [3.05, 3.63) is 18.5 Å². The third-order valence-corrected chi connectivity index (χ3v) is 3.13. The standard InChI is InChI=1S/C12H13ClN3O2.Al/c1-17-10-5-8-9(15-7-16-12(8)14)6-11(10)18-4-2-3-13;/h5-7H,2-4H2,1H3,(H-,14,15,16);/q-1;+1. The average molecular weight is 294 g/mol. The van der Waals surface area contributed by atoms with E-state index in [4.69, 9.17) is 21.1 Å². The molecule has 0 aliphatic rings. The van der Waals surface area contributed by atoms with Crippen LogP contribution in [-0.4, -0.2) is 46.1 Å². The number of benzene rings is 1. The van der Waals surface area contributed by atoms with E-state index in [1.807, 2.05) is 12.1 Å². The number of aromatic nitrogens is 2. The highest BCUT2D eigenvalue weighted by Gasteiger charge is 2.10. The van der Waals surface area contributed by atoms with Gasteiger partial charge in [0.05, 0.1) is 19.2 Å². The van der Waals surface area contributed by atoms with Gasteiger partial charge in [-0.3, -0.25) is 0 Å². The van der Waals surface area contributed by atoms with E-state index < -0.39 is 0 Å². The number of halogens is 1. The lowest BCUT2D eigenvalue weighted by molar-refractivity contribution is 0.295. The number of methoxy groups -OCH3 is 1. The van der Waals surface area contributed by atoms with Crippen molar-refractivity contribution in [3.63, 3.8) is 0 Å². The molecule has 1 N–H and O–H groups in total. The van der Waals surface area contributed by atoms with Crippen LogP contribution in [0, 0.1) is 0 Å². The number of ether oxygens (including phenoxy) is 2. The van der Waals surface area contributed by atoms with Gasteiger partial charge in [-0.15, -0.1) is 11.6 Å². The molecule has 5 nitrogen and oxygen atoms in total. The summed E-state index contributed by atoms with van der Waals surface area (Å²) in [6.07, 6.45) is 2.29. The second kappa shape index (κ2) is 6.81. The highest BCUT2D eigenvalue weighted by Crippen LogP contribution is 2.33. The number of hydrogen-bond donors (Lipinski definition) is 1. The molecule has 0 aliphatic heterocycles. The summed E-state index contributed by atoms with van der Waals surface area (Å²) in [7, 11) is 1.60. The van der Waals surface area contributed by atoms with Crippen LogP contribution in [-0.2, 0) is 0 Å².